The van der Waals surface area contributed by atoms with Crippen molar-refractivity contribution in [2.24, 2.45) is 0 Å². The average Bonchev–Trinajstić information content (AvgIpc) is 3.30. The largest absolute Gasteiger partial charge is 0.337 e. The maximum atomic E-state index is 13.6. The molecule has 1 aliphatic heterocycles. The summed E-state index contributed by atoms with van der Waals surface area (Å²) in [6, 6.07) is 6.06. The van der Waals surface area contributed by atoms with E-state index < -0.39 is 6.04 Å². The predicted octanol–water partition coefficient (Wildman–Crippen LogP) is 1.33. The molecule has 2 aromatic heterocycles. The van der Waals surface area contributed by atoms with Gasteiger partial charge >= 0.3 is 0 Å². The lowest BCUT2D eigenvalue weighted by molar-refractivity contribution is 0.190. The molecule has 0 saturated carbocycles. The highest BCUT2D eigenvalue weighted by Gasteiger charge is 2.29. The highest BCUT2D eigenvalue weighted by molar-refractivity contribution is 5.85. The van der Waals surface area contributed by atoms with E-state index in [1.165, 1.54) is 12.1 Å². The van der Waals surface area contributed by atoms with Gasteiger partial charge in [-0.2, -0.15) is 4.98 Å². The summed E-state index contributed by atoms with van der Waals surface area (Å²) in [5.74, 6) is 1.35. The molecule has 1 aromatic carbocycles. The Kier molecular flexibility index (Phi) is 6.32. The number of aromatic nitrogens is 6. The first-order valence-electron chi connectivity index (χ1n) is 8.85. The van der Waals surface area contributed by atoms with Crippen LogP contribution in [-0.2, 0) is 6.42 Å². The molecule has 0 spiro atoms. The van der Waals surface area contributed by atoms with Gasteiger partial charge in [0.15, 0.2) is 5.82 Å². The van der Waals surface area contributed by atoms with Crippen molar-refractivity contribution in [2.45, 2.75) is 25.4 Å². The Morgan fingerprint density at radius 1 is 1.39 bits per heavy atom. The number of likely N-dealkylation sites (N-methyl/N-ethyl adjacent to an activating group) is 1. The summed E-state index contributed by atoms with van der Waals surface area (Å²) in [5, 5.41) is 19.3. The number of rotatable bonds is 5. The molecule has 1 N–H and O–H groups in total. The van der Waals surface area contributed by atoms with Gasteiger partial charge in [0.2, 0.25) is 0 Å². The Morgan fingerprint density at radius 3 is 2.96 bits per heavy atom. The van der Waals surface area contributed by atoms with Crippen LogP contribution in [-0.4, -0.2) is 61.9 Å². The second kappa shape index (κ2) is 8.72. The van der Waals surface area contributed by atoms with E-state index in [4.69, 9.17) is 4.52 Å². The highest BCUT2D eigenvalue weighted by atomic mass is 35.5. The van der Waals surface area contributed by atoms with E-state index in [-0.39, 0.29) is 24.3 Å². The molecule has 0 bridgehead atoms. The van der Waals surface area contributed by atoms with Gasteiger partial charge in [-0.05, 0) is 42.1 Å². The molecule has 4 rings (SSSR count). The van der Waals surface area contributed by atoms with Gasteiger partial charge in [-0.15, -0.1) is 17.5 Å². The van der Waals surface area contributed by atoms with Crippen LogP contribution in [0.5, 0.6) is 0 Å². The van der Waals surface area contributed by atoms with Gasteiger partial charge in [0.25, 0.3) is 5.89 Å². The number of aryl methyl sites for hydroxylation is 1. The van der Waals surface area contributed by atoms with E-state index in [9.17, 15) is 4.39 Å². The lowest BCUT2D eigenvalue weighted by Gasteiger charge is -2.30. The van der Waals surface area contributed by atoms with Crippen molar-refractivity contribution in [2.75, 3.05) is 26.7 Å². The zero-order valence-corrected chi connectivity index (χ0v) is 16.4. The Hall–Kier alpha value is -2.43. The molecule has 0 aliphatic carbocycles. The van der Waals surface area contributed by atoms with Gasteiger partial charge in [0, 0.05) is 26.1 Å². The van der Waals surface area contributed by atoms with Crippen molar-refractivity contribution >= 4 is 12.4 Å². The number of tetrazole rings is 1. The molecule has 0 amide bonds. The third kappa shape index (κ3) is 4.18. The van der Waals surface area contributed by atoms with E-state index in [1.807, 2.05) is 13.1 Å². The molecule has 28 heavy (non-hydrogen) atoms. The van der Waals surface area contributed by atoms with Crippen LogP contribution >= 0.6 is 12.4 Å². The molecule has 3 aromatic rings. The minimum Gasteiger partial charge on any atom is -0.337 e. The first kappa shape index (κ1) is 20.3. The normalized spacial score (nSPS) is 18.6. The van der Waals surface area contributed by atoms with Crippen molar-refractivity contribution in [3.05, 3.63) is 53.2 Å². The van der Waals surface area contributed by atoms with Gasteiger partial charge in [-0.1, -0.05) is 17.3 Å². The van der Waals surface area contributed by atoms with Crippen molar-refractivity contribution in [3.63, 3.8) is 0 Å². The Balaban J connectivity index is 0.00000225. The van der Waals surface area contributed by atoms with E-state index in [0.717, 1.165) is 25.2 Å². The van der Waals surface area contributed by atoms with Gasteiger partial charge in [-0.25, -0.2) is 9.07 Å². The van der Waals surface area contributed by atoms with Crippen LogP contribution in [0.4, 0.5) is 4.39 Å². The Morgan fingerprint density at radius 2 is 2.25 bits per heavy atom. The molecule has 150 valence electrons. The molecule has 1 fully saturated rings. The second-order valence-electron chi connectivity index (χ2n) is 6.71. The standard InChI is InChI=1S/C17H21FN8O.ClH/c1-11-21-23-24-26(11)14(9-12-4-3-5-13(18)8-12)17-20-16(22-27-17)15-10-19-6-7-25(15)2;/h3-5,8,14-15,19H,6-7,9-10H2,1-2H3;1H. The summed E-state index contributed by atoms with van der Waals surface area (Å²) in [5.41, 5.74) is 0.797. The molecule has 2 atom stereocenters. The van der Waals surface area contributed by atoms with Crippen LogP contribution < -0.4 is 5.32 Å². The van der Waals surface area contributed by atoms with Crippen LogP contribution in [0.25, 0.3) is 0 Å². The summed E-state index contributed by atoms with van der Waals surface area (Å²) in [7, 11) is 2.04. The van der Waals surface area contributed by atoms with E-state index >= 15 is 0 Å². The first-order valence-corrected chi connectivity index (χ1v) is 8.85. The maximum absolute atomic E-state index is 13.6. The fourth-order valence-corrected chi connectivity index (χ4v) is 3.30. The third-order valence-electron chi connectivity index (χ3n) is 4.82. The number of hydrogen-bond acceptors (Lipinski definition) is 8. The van der Waals surface area contributed by atoms with Gasteiger partial charge in [-0.3, -0.25) is 4.90 Å². The Labute approximate surface area is 167 Å². The minimum absolute atomic E-state index is 0. The van der Waals surface area contributed by atoms with E-state index in [0.29, 0.717) is 24.0 Å². The van der Waals surface area contributed by atoms with Gasteiger partial charge in [0.05, 0.1) is 6.04 Å². The Bertz CT molecular complexity index is 916. The topological polar surface area (TPSA) is 97.8 Å². The summed E-state index contributed by atoms with van der Waals surface area (Å²) < 4.78 is 20.8. The minimum atomic E-state index is -0.412. The fourth-order valence-electron chi connectivity index (χ4n) is 3.30. The van der Waals surface area contributed by atoms with E-state index in [2.05, 4.69) is 35.9 Å². The first-order chi connectivity index (χ1) is 13.1. The summed E-state index contributed by atoms with van der Waals surface area (Å²) in [6.07, 6.45) is 0.435. The third-order valence-corrected chi connectivity index (χ3v) is 4.82. The molecule has 11 heteroatoms. The zero-order chi connectivity index (χ0) is 18.8. The summed E-state index contributed by atoms with van der Waals surface area (Å²) in [6.45, 7) is 4.40. The quantitative estimate of drug-likeness (QED) is 0.675. The molecule has 1 saturated heterocycles. The molecule has 2 unspecified atom stereocenters. The number of piperazine rings is 1. The lowest BCUT2D eigenvalue weighted by Crippen LogP contribution is -2.44. The number of benzene rings is 1. The second-order valence-corrected chi connectivity index (χ2v) is 6.71. The number of halogens is 2. The van der Waals surface area contributed by atoms with Crippen molar-refractivity contribution in [1.82, 2.24) is 40.6 Å². The van der Waals surface area contributed by atoms with Crippen LogP contribution in [0.1, 0.15) is 35.2 Å². The average molecular weight is 409 g/mol. The molecule has 3 heterocycles. The van der Waals surface area contributed by atoms with Crippen LogP contribution in [0.2, 0.25) is 0 Å². The number of nitrogens with zero attached hydrogens (tertiary/aromatic N) is 7. The van der Waals surface area contributed by atoms with Crippen LogP contribution in [0.15, 0.2) is 28.8 Å². The van der Waals surface area contributed by atoms with Crippen LogP contribution in [0, 0.1) is 12.7 Å². The highest BCUT2D eigenvalue weighted by Crippen LogP contribution is 2.25. The number of hydrogen-bond donors (Lipinski definition) is 1. The SMILES string of the molecule is Cc1nnnn1C(Cc1cccc(F)c1)c1nc(C2CNCCN2C)no1.Cl. The van der Waals surface area contributed by atoms with Crippen molar-refractivity contribution < 1.29 is 8.91 Å². The predicted molar refractivity (Wildman–Crippen MR) is 101 cm³/mol. The molecule has 0 radical (unpaired) electrons. The monoisotopic (exact) mass is 408 g/mol. The molecule has 9 nitrogen and oxygen atoms in total. The van der Waals surface area contributed by atoms with E-state index in [1.54, 1.807) is 17.7 Å². The number of nitrogens with one attached hydrogen (secondary N) is 1. The zero-order valence-electron chi connectivity index (χ0n) is 15.6. The van der Waals surface area contributed by atoms with Crippen molar-refractivity contribution in [1.29, 1.82) is 0 Å². The van der Waals surface area contributed by atoms with Gasteiger partial charge in [0.1, 0.15) is 17.7 Å². The van der Waals surface area contributed by atoms with Gasteiger partial charge < -0.3 is 9.84 Å². The lowest BCUT2D eigenvalue weighted by atomic mass is 10.1. The molecular weight excluding hydrogens is 387 g/mol. The molecule has 1 aliphatic rings. The summed E-state index contributed by atoms with van der Waals surface area (Å²) in [4.78, 5) is 6.82. The molecular formula is C17H22ClFN8O. The van der Waals surface area contributed by atoms with Crippen LogP contribution in [0.3, 0.4) is 0 Å². The van der Waals surface area contributed by atoms with Crippen molar-refractivity contribution in [3.8, 4) is 0 Å². The smallest absolute Gasteiger partial charge is 0.252 e. The maximum Gasteiger partial charge on any atom is 0.252 e. The summed E-state index contributed by atoms with van der Waals surface area (Å²) >= 11 is 0. The fraction of sp³-hybridized carbons (Fsp3) is 0.471.